The van der Waals surface area contributed by atoms with Crippen LogP contribution in [0.15, 0.2) is 54.6 Å². The van der Waals surface area contributed by atoms with Crippen molar-refractivity contribution in [2.24, 2.45) is 5.92 Å². The number of hydrogen-bond acceptors (Lipinski definition) is 5. The van der Waals surface area contributed by atoms with Crippen molar-refractivity contribution < 1.29 is 14.5 Å². The molecule has 2 aromatic carbocycles. The summed E-state index contributed by atoms with van der Waals surface area (Å²) in [5.41, 5.74) is 3.73. The number of esters is 1. The van der Waals surface area contributed by atoms with E-state index in [0.29, 0.717) is 11.5 Å². The number of carbonyl (C=O) groups excluding carboxylic acids is 1. The fourth-order valence-corrected chi connectivity index (χ4v) is 3.97. The number of fused-ring (bicyclic) bond motifs is 3. The lowest BCUT2D eigenvalue weighted by Crippen LogP contribution is -2.29. The second kappa shape index (κ2) is 6.29. The number of ether oxygens (including phenoxy) is 1. The first kappa shape index (κ1) is 16.3. The number of methoxy groups -OCH3 is 1. The molecule has 6 nitrogen and oxygen atoms in total. The van der Waals surface area contributed by atoms with Crippen molar-refractivity contribution in [1.29, 1.82) is 0 Å². The molecule has 26 heavy (non-hydrogen) atoms. The monoisotopic (exact) mass is 350 g/mol. The van der Waals surface area contributed by atoms with Crippen molar-refractivity contribution in [2.45, 2.75) is 18.4 Å². The first-order valence-electron chi connectivity index (χ1n) is 8.48. The summed E-state index contributed by atoms with van der Waals surface area (Å²) in [7, 11) is 1.38. The number of allylic oxidation sites excluding steroid dienone is 2. The highest BCUT2D eigenvalue weighted by atomic mass is 16.6. The molecule has 132 valence electrons. The lowest BCUT2D eigenvalue weighted by Gasteiger charge is -2.37. The molecule has 4 rings (SSSR count). The summed E-state index contributed by atoms with van der Waals surface area (Å²) in [4.78, 5) is 22.3. The van der Waals surface area contributed by atoms with Crippen LogP contribution in [0, 0.1) is 16.0 Å². The molecule has 1 heterocycles. The average molecular weight is 350 g/mol. The molecule has 0 saturated carbocycles. The Morgan fingerprint density at radius 3 is 2.69 bits per heavy atom. The quantitative estimate of drug-likeness (QED) is 0.388. The first-order valence-corrected chi connectivity index (χ1v) is 8.48. The number of hydrogen-bond donors (Lipinski definition) is 1. The standard InChI is InChI=1S/C20H18N2O4/c1-26-20(23)13-7-10-18-17(11-13)15-3-2-4-16(15)19(21-18)12-5-8-14(9-6-12)22(24)25/h2-3,5-11,15-16,19,21H,4H2,1H3/t15-,16+,19+/m0/s1. The lowest BCUT2D eigenvalue weighted by atomic mass is 9.76. The molecule has 2 aromatic rings. The van der Waals surface area contributed by atoms with Crippen LogP contribution < -0.4 is 5.32 Å². The van der Waals surface area contributed by atoms with E-state index in [1.54, 1.807) is 18.2 Å². The highest BCUT2D eigenvalue weighted by molar-refractivity contribution is 5.90. The van der Waals surface area contributed by atoms with E-state index in [0.717, 1.165) is 23.2 Å². The molecule has 3 atom stereocenters. The maximum absolute atomic E-state index is 11.8. The maximum atomic E-state index is 11.8. The van der Waals surface area contributed by atoms with Gasteiger partial charge in [-0.1, -0.05) is 24.3 Å². The van der Waals surface area contributed by atoms with Crippen molar-refractivity contribution in [1.82, 2.24) is 0 Å². The normalized spacial score (nSPS) is 22.9. The minimum Gasteiger partial charge on any atom is -0.465 e. The topological polar surface area (TPSA) is 81.5 Å². The van der Waals surface area contributed by atoms with Crippen LogP contribution in [-0.4, -0.2) is 18.0 Å². The number of nitrogens with one attached hydrogen (secondary N) is 1. The summed E-state index contributed by atoms with van der Waals surface area (Å²) in [5, 5.41) is 14.4. The van der Waals surface area contributed by atoms with Crippen molar-refractivity contribution in [3.63, 3.8) is 0 Å². The minimum absolute atomic E-state index is 0.0623. The number of nitrogens with zero attached hydrogens (tertiary/aromatic N) is 1. The van der Waals surface area contributed by atoms with Gasteiger partial charge in [0.2, 0.25) is 0 Å². The van der Waals surface area contributed by atoms with Crippen molar-refractivity contribution in [3.8, 4) is 0 Å². The Labute approximate surface area is 150 Å². The zero-order chi connectivity index (χ0) is 18.3. The smallest absolute Gasteiger partial charge is 0.337 e. The van der Waals surface area contributed by atoms with Crippen LogP contribution in [-0.2, 0) is 4.74 Å². The predicted octanol–water partition coefficient (Wildman–Crippen LogP) is 4.21. The van der Waals surface area contributed by atoms with E-state index in [1.807, 2.05) is 24.3 Å². The van der Waals surface area contributed by atoms with Crippen LogP contribution in [0.4, 0.5) is 11.4 Å². The molecule has 0 amide bonds. The van der Waals surface area contributed by atoms with Gasteiger partial charge in [-0.2, -0.15) is 0 Å². The van der Waals surface area contributed by atoms with Crippen molar-refractivity contribution >= 4 is 17.3 Å². The second-order valence-corrected chi connectivity index (χ2v) is 6.62. The van der Waals surface area contributed by atoms with E-state index in [4.69, 9.17) is 4.74 Å². The third-order valence-electron chi connectivity index (χ3n) is 5.25. The Morgan fingerprint density at radius 1 is 1.23 bits per heavy atom. The van der Waals surface area contributed by atoms with Crippen LogP contribution in [0.2, 0.25) is 0 Å². The third kappa shape index (κ3) is 2.63. The summed E-state index contributed by atoms with van der Waals surface area (Å²) in [5.74, 6) is 0.164. The van der Waals surface area contributed by atoms with Gasteiger partial charge >= 0.3 is 5.97 Å². The van der Waals surface area contributed by atoms with Crippen LogP contribution in [0.1, 0.15) is 39.9 Å². The molecule has 0 unspecified atom stereocenters. The largest absolute Gasteiger partial charge is 0.465 e. The Hall–Kier alpha value is -3.15. The Morgan fingerprint density at radius 2 is 2.00 bits per heavy atom. The fraction of sp³-hybridized carbons (Fsp3) is 0.250. The summed E-state index contributed by atoms with van der Waals surface area (Å²) in [6.07, 6.45) is 5.26. The number of rotatable bonds is 3. The van der Waals surface area contributed by atoms with E-state index in [2.05, 4.69) is 17.5 Å². The number of nitro benzene ring substituents is 1. The Kier molecular flexibility index (Phi) is 3.95. The summed E-state index contributed by atoms with van der Waals surface area (Å²) in [6.45, 7) is 0. The SMILES string of the molecule is COC(=O)c1ccc2c(c1)[C@H]1C=CC[C@H]1[C@@H](c1ccc([N+](=O)[O-])cc1)N2. The second-order valence-electron chi connectivity index (χ2n) is 6.62. The van der Waals surface area contributed by atoms with E-state index in [9.17, 15) is 14.9 Å². The lowest BCUT2D eigenvalue weighted by molar-refractivity contribution is -0.384. The molecule has 0 spiro atoms. The van der Waals surface area contributed by atoms with Crippen LogP contribution >= 0.6 is 0 Å². The van der Waals surface area contributed by atoms with Gasteiger partial charge in [0.25, 0.3) is 5.69 Å². The Balaban J connectivity index is 1.71. The van der Waals surface area contributed by atoms with Gasteiger partial charge in [0.15, 0.2) is 0 Å². The van der Waals surface area contributed by atoms with E-state index >= 15 is 0 Å². The number of benzene rings is 2. The molecule has 0 saturated heterocycles. The van der Waals surface area contributed by atoms with Crippen molar-refractivity contribution in [3.05, 3.63) is 81.4 Å². The van der Waals surface area contributed by atoms with Gasteiger partial charge in [0, 0.05) is 23.7 Å². The third-order valence-corrected chi connectivity index (χ3v) is 5.25. The molecule has 1 aliphatic carbocycles. The number of carbonyl (C=O) groups is 1. The highest BCUT2D eigenvalue weighted by Crippen LogP contribution is 2.50. The molecule has 1 N–H and O–H groups in total. The number of anilines is 1. The van der Waals surface area contributed by atoms with Crippen molar-refractivity contribution in [2.75, 3.05) is 12.4 Å². The Bertz CT molecular complexity index is 905. The molecule has 0 fully saturated rings. The average Bonchev–Trinajstić information content (AvgIpc) is 3.16. The summed E-state index contributed by atoms with van der Waals surface area (Å²) >= 11 is 0. The van der Waals surface area contributed by atoms with Gasteiger partial charge in [-0.15, -0.1) is 0 Å². The molecular formula is C20H18N2O4. The van der Waals surface area contributed by atoms with E-state index < -0.39 is 0 Å². The molecule has 0 radical (unpaired) electrons. The van der Waals surface area contributed by atoms with Gasteiger partial charge in [-0.05, 0) is 41.7 Å². The molecule has 0 aromatic heterocycles. The minimum atomic E-state index is -0.387. The van der Waals surface area contributed by atoms with Gasteiger partial charge in [-0.3, -0.25) is 10.1 Å². The fourth-order valence-electron chi connectivity index (χ4n) is 3.97. The number of nitro groups is 1. The van der Waals surface area contributed by atoms with Crippen LogP contribution in [0.25, 0.3) is 0 Å². The predicted molar refractivity (Wildman–Crippen MR) is 97.2 cm³/mol. The molecular weight excluding hydrogens is 332 g/mol. The maximum Gasteiger partial charge on any atom is 0.337 e. The number of non-ortho nitro benzene ring substituents is 1. The molecule has 2 aliphatic rings. The van der Waals surface area contributed by atoms with Crippen LogP contribution in [0.3, 0.4) is 0 Å². The molecule has 6 heteroatoms. The van der Waals surface area contributed by atoms with Crippen LogP contribution in [0.5, 0.6) is 0 Å². The van der Waals surface area contributed by atoms with Gasteiger partial charge < -0.3 is 10.1 Å². The van der Waals surface area contributed by atoms with Gasteiger partial charge in [-0.25, -0.2) is 4.79 Å². The zero-order valence-corrected chi connectivity index (χ0v) is 14.2. The summed E-state index contributed by atoms with van der Waals surface area (Å²) < 4.78 is 4.83. The zero-order valence-electron chi connectivity index (χ0n) is 14.2. The summed E-state index contributed by atoms with van der Waals surface area (Å²) in [6, 6.07) is 12.3. The van der Waals surface area contributed by atoms with E-state index in [1.165, 1.54) is 7.11 Å². The van der Waals surface area contributed by atoms with E-state index in [-0.39, 0.29) is 28.5 Å². The van der Waals surface area contributed by atoms with Gasteiger partial charge in [0.05, 0.1) is 23.6 Å². The van der Waals surface area contributed by atoms with Gasteiger partial charge in [0.1, 0.15) is 0 Å². The molecule has 1 aliphatic heterocycles. The first-order chi connectivity index (χ1) is 12.6. The molecule has 0 bridgehead atoms. The highest BCUT2D eigenvalue weighted by Gasteiger charge is 2.38.